The Bertz CT molecular complexity index is 821. The van der Waals surface area contributed by atoms with Gasteiger partial charge in [-0.1, -0.05) is 29.8 Å². The van der Waals surface area contributed by atoms with Crippen molar-refractivity contribution >= 4 is 28.6 Å². The first-order valence-electron chi connectivity index (χ1n) is 7.35. The molecule has 0 atom stereocenters. The van der Waals surface area contributed by atoms with Crippen LogP contribution >= 0.6 is 22.7 Å². The summed E-state index contributed by atoms with van der Waals surface area (Å²) in [6.45, 7) is 4.75. The van der Waals surface area contributed by atoms with Gasteiger partial charge < -0.3 is 4.90 Å². The smallest absolute Gasteiger partial charge is 0.273 e. The van der Waals surface area contributed by atoms with E-state index in [1.807, 2.05) is 29.9 Å². The van der Waals surface area contributed by atoms with E-state index >= 15 is 0 Å². The van der Waals surface area contributed by atoms with E-state index in [1.54, 1.807) is 16.2 Å². The highest BCUT2D eigenvalue weighted by Gasteiger charge is 2.17. The van der Waals surface area contributed by atoms with Gasteiger partial charge in [0.15, 0.2) is 0 Å². The van der Waals surface area contributed by atoms with Crippen LogP contribution in [-0.4, -0.2) is 22.8 Å². The second-order valence-electron chi connectivity index (χ2n) is 5.61. The number of amides is 1. The standard InChI is InChI=1S/C18H18N2OS2/c1-12-6-7-14(13(2)9-12)10-20(3)18(21)15-11-23-17(19-15)16-5-4-8-22-16/h4-9,11H,10H2,1-3H3. The maximum atomic E-state index is 12.6. The molecule has 0 spiro atoms. The van der Waals surface area contributed by atoms with Gasteiger partial charge in [0.2, 0.25) is 0 Å². The Balaban J connectivity index is 1.75. The lowest BCUT2D eigenvalue weighted by Gasteiger charge is -2.17. The number of rotatable bonds is 4. The van der Waals surface area contributed by atoms with Gasteiger partial charge in [0.25, 0.3) is 5.91 Å². The average molecular weight is 342 g/mol. The van der Waals surface area contributed by atoms with E-state index in [-0.39, 0.29) is 5.91 Å². The van der Waals surface area contributed by atoms with Crippen molar-refractivity contribution in [1.29, 1.82) is 0 Å². The summed E-state index contributed by atoms with van der Waals surface area (Å²) >= 11 is 3.15. The Hall–Kier alpha value is -1.98. The fourth-order valence-electron chi connectivity index (χ4n) is 2.43. The Morgan fingerprint density at radius 2 is 2.04 bits per heavy atom. The molecule has 3 rings (SSSR count). The number of aryl methyl sites for hydroxylation is 2. The van der Waals surface area contributed by atoms with Gasteiger partial charge in [-0.3, -0.25) is 4.79 Å². The number of thiophene rings is 1. The Morgan fingerprint density at radius 3 is 2.74 bits per heavy atom. The molecule has 0 bridgehead atoms. The molecule has 0 fully saturated rings. The van der Waals surface area contributed by atoms with Crippen molar-refractivity contribution < 1.29 is 4.79 Å². The summed E-state index contributed by atoms with van der Waals surface area (Å²) in [6, 6.07) is 10.3. The number of hydrogen-bond donors (Lipinski definition) is 0. The van der Waals surface area contributed by atoms with Gasteiger partial charge in [-0.15, -0.1) is 22.7 Å². The average Bonchev–Trinajstić information content (AvgIpc) is 3.19. The maximum absolute atomic E-state index is 12.6. The fourth-order valence-corrected chi connectivity index (χ4v) is 4.04. The van der Waals surface area contributed by atoms with Crippen LogP contribution in [0.25, 0.3) is 9.88 Å². The van der Waals surface area contributed by atoms with Crippen molar-refractivity contribution in [2.24, 2.45) is 0 Å². The van der Waals surface area contributed by atoms with E-state index in [1.165, 1.54) is 28.0 Å². The highest BCUT2D eigenvalue weighted by Crippen LogP contribution is 2.28. The molecule has 2 aromatic heterocycles. The first kappa shape index (κ1) is 15.9. The van der Waals surface area contributed by atoms with Gasteiger partial charge in [-0.2, -0.15) is 0 Å². The molecular formula is C18H18N2OS2. The topological polar surface area (TPSA) is 33.2 Å². The molecule has 5 heteroatoms. The normalized spacial score (nSPS) is 10.7. The number of thiazole rings is 1. The zero-order chi connectivity index (χ0) is 16.4. The predicted molar refractivity (Wildman–Crippen MR) is 97.1 cm³/mol. The van der Waals surface area contributed by atoms with Crippen molar-refractivity contribution in [3.05, 3.63) is 63.5 Å². The Kier molecular flexibility index (Phi) is 4.59. The van der Waals surface area contributed by atoms with Crippen molar-refractivity contribution in [2.75, 3.05) is 7.05 Å². The summed E-state index contributed by atoms with van der Waals surface area (Å²) in [5, 5.41) is 4.77. The van der Waals surface area contributed by atoms with Gasteiger partial charge in [0.1, 0.15) is 10.7 Å². The van der Waals surface area contributed by atoms with Crippen LogP contribution in [0.5, 0.6) is 0 Å². The Morgan fingerprint density at radius 1 is 1.22 bits per heavy atom. The number of benzene rings is 1. The van der Waals surface area contributed by atoms with Gasteiger partial charge in [-0.05, 0) is 36.4 Å². The van der Waals surface area contributed by atoms with Crippen molar-refractivity contribution in [3.8, 4) is 9.88 Å². The SMILES string of the molecule is Cc1ccc(CN(C)C(=O)c2csc(-c3cccs3)n2)c(C)c1. The molecule has 0 unspecified atom stereocenters. The highest BCUT2D eigenvalue weighted by molar-refractivity contribution is 7.20. The van der Waals surface area contributed by atoms with Gasteiger partial charge in [0.05, 0.1) is 4.88 Å². The molecule has 0 radical (unpaired) electrons. The first-order chi connectivity index (χ1) is 11.0. The molecule has 23 heavy (non-hydrogen) atoms. The van der Waals surface area contributed by atoms with Crippen LogP contribution < -0.4 is 0 Å². The van der Waals surface area contributed by atoms with Crippen molar-refractivity contribution in [3.63, 3.8) is 0 Å². The summed E-state index contributed by atoms with van der Waals surface area (Å²) in [5.74, 6) is -0.0379. The molecule has 118 valence electrons. The number of carbonyl (C=O) groups excluding carboxylic acids is 1. The molecule has 1 amide bonds. The second kappa shape index (κ2) is 6.64. The highest BCUT2D eigenvalue weighted by atomic mass is 32.1. The lowest BCUT2D eigenvalue weighted by Crippen LogP contribution is -2.26. The summed E-state index contributed by atoms with van der Waals surface area (Å²) < 4.78 is 0. The first-order valence-corrected chi connectivity index (χ1v) is 9.11. The number of hydrogen-bond acceptors (Lipinski definition) is 4. The van der Waals surface area contributed by atoms with E-state index < -0.39 is 0 Å². The van der Waals surface area contributed by atoms with Crippen molar-refractivity contribution in [2.45, 2.75) is 20.4 Å². The van der Waals surface area contributed by atoms with Crippen LogP contribution in [0.15, 0.2) is 41.1 Å². The minimum atomic E-state index is -0.0379. The molecule has 3 nitrogen and oxygen atoms in total. The van der Waals surface area contributed by atoms with Crippen molar-refractivity contribution in [1.82, 2.24) is 9.88 Å². The molecule has 3 aromatic rings. The number of nitrogens with zero attached hydrogens (tertiary/aromatic N) is 2. The quantitative estimate of drug-likeness (QED) is 0.685. The van der Waals surface area contributed by atoms with Gasteiger partial charge in [-0.25, -0.2) is 4.98 Å². The third kappa shape index (κ3) is 3.51. The molecule has 0 aliphatic rings. The molecule has 2 heterocycles. The molecule has 0 saturated carbocycles. The predicted octanol–water partition coefficient (Wildman–Crippen LogP) is 4.76. The van der Waals surface area contributed by atoms with Crippen LogP contribution in [0, 0.1) is 13.8 Å². The molecular weight excluding hydrogens is 324 g/mol. The third-order valence-corrected chi connectivity index (χ3v) is 5.59. The van der Waals surface area contributed by atoms with Crippen LogP contribution in [0.3, 0.4) is 0 Å². The number of aromatic nitrogens is 1. The van der Waals surface area contributed by atoms with E-state index in [4.69, 9.17) is 0 Å². The third-order valence-electron chi connectivity index (χ3n) is 3.71. The number of carbonyl (C=O) groups is 1. The second-order valence-corrected chi connectivity index (χ2v) is 7.41. The molecule has 0 aliphatic heterocycles. The minimum absolute atomic E-state index is 0.0379. The summed E-state index contributed by atoms with van der Waals surface area (Å²) in [4.78, 5) is 19.9. The zero-order valence-corrected chi connectivity index (χ0v) is 15.0. The summed E-state index contributed by atoms with van der Waals surface area (Å²) in [6.07, 6.45) is 0. The molecule has 0 N–H and O–H groups in total. The van der Waals surface area contributed by atoms with Crippen LogP contribution in [0.2, 0.25) is 0 Å². The molecule has 1 aromatic carbocycles. The monoisotopic (exact) mass is 342 g/mol. The van der Waals surface area contributed by atoms with E-state index in [9.17, 15) is 4.79 Å². The van der Waals surface area contributed by atoms with Gasteiger partial charge >= 0.3 is 0 Å². The minimum Gasteiger partial charge on any atom is -0.336 e. The van der Waals surface area contributed by atoms with Gasteiger partial charge in [0, 0.05) is 19.0 Å². The summed E-state index contributed by atoms with van der Waals surface area (Å²) in [5.41, 5.74) is 4.13. The summed E-state index contributed by atoms with van der Waals surface area (Å²) in [7, 11) is 1.83. The fraction of sp³-hybridized carbons (Fsp3) is 0.222. The van der Waals surface area contributed by atoms with Crippen LogP contribution in [0.1, 0.15) is 27.2 Å². The van der Waals surface area contributed by atoms with Crippen LogP contribution in [-0.2, 0) is 6.54 Å². The Labute approximate surface area is 144 Å². The zero-order valence-electron chi connectivity index (χ0n) is 13.4. The van der Waals surface area contributed by atoms with Crippen LogP contribution in [0.4, 0.5) is 0 Å². The molecule has 0 aliphatic carbocycles. The van der Waals surface area contributed by atoms with E-state index in [2.05, 4.69) is 37.0 Å². The lowest BCUT2D eigenvalue weighted by molar-refractivity contribution is 0.0780. The largest absolute Gasteiger partial charge is 0.336 e. The van der Waals surface area contributed by atoms with E-state index in [0.717, 1.165) is 9.88 Å². The molecule has 0 saturated heterocycles. The van der Waals surface area contributed by atoms with E-state index in [0.29, 0.717) is 12.2 Å². The lowest BCUT2D eigenvalue weighted by atomic mass is 10.1. The maximum Gasteiger partial charge on any atom is 0.273 e.